The van der Waals surface area contributed by atoms with Crippen LogP contribution >= 0.6 is 0 Å². The monoisotopic (exact) mass is 283 g/mol. The third-order valence-corrected chi connectivity index (χ3v) is 2.57. The van der Waals surface area contributed by atoms with Gasteiger partial charge < -0.3 is 5.32 Å². The molecule has 1 aromatic heterocycles. The van der Waals surface area contributed by atoms with Gasteiger partial charge in [0.15, 0.2) is 5.82 Å². The quantitative estimate of drug-likeness (QED) is 0.941. The van der Waals surface area contributed by atoms with Gasteiger partial charge in [-0.2, -0.15) is 18.3 Å². The SMILES string of the molecule is CC(=O)Nc1ccn(Cc2ccc(C(F)(F)F)cc2)n1. The number of rotatable bonds is 3. The van der Waals surface area contributed by atoms with Crippen molar-refractivity contribution in [2.24, 2.45) is 0 Å². The Balaban J connectivity index is 2.06. The molecule has 0 aliphatic carbocycles. The first-order chi connectivity index (χ1) is 9.34. The lowest BCUT2D eigenvalue weighted by atomic mass is 10.1. The highest BCUT2D eigenvalue weighted by molar-refractivity contribution is 5.87. The van der Waals surface area contributed by atoms with Crippen molar-refractivity contribution in [3.8, 4) is 0 Å². The fraction of sp³-hybridized carbons (Fsp3) is 0.231. The first kappa shape index (κ1) is 14.1. The van der Waals surface area contributed by atoms with E-state index in [-0.39, 0.29) is 5.91 Å². The zero-order chi connectivity index (χ0) is 14.8. The van der Waals surface area contributed by atoms with E-state index in [1.54, 1.807) is 12.3 Å². The van der Waals surface area contributed by atoms with Crippen molar-refractivity contribution in [2.75, 3.05) is 5.32 Å². The molecule has 2 rings (SSSR count). The second kappa shape index (κ2) is 5.36. The molecule has 0 aliphatic heterocycles. The van der Waals surface area contributed by atoms with Crippen LogP contribution < -0.4 is 5.32 Å². The van der Waals surface area contributed by atoms with Gasteiger partial charge in [-0.05, 0) is 17.7 Å². The van der Waals surface area contributed by atoms with Crippen molar-refractivity contribution < 1.29 is 18.0 Å². The molecule has 0 saturated heterocycles. The maximum atomic E-state index is 12.4. The van der Waals surface area contributed by atoms with Gasteiger partial charge in [-0.25, -0.2) is 0 Å². The highest BCUT2D eigenvalue weighted by atomic mass is 19.4. The van der Waals surface area contributed by atoms with Crippen LogP contribution in [0.3, 0.4) is 0 Å². The number of amides is 1. The van der Waals surface area contributed by atoms with Gasteiger partial charge in [0, 0.05) is 19.2 Å². The third-order valence-electron chi connectivity index (χ3n) is 2.57. The lowest BCUT2D eigenvalue weighted by molar-refractivity contribution is -0.137. The largest absolute Gasteiger partial charge is 0.416 e. The number of anilines is 1. The lowest BCUT2D eigenvalue weighted by Gasteiger charge is -2.07. The van der Waals surface area contributed by atoms with E-state index in [0.717, 1.165) is 12.1 Å². The molecule has 0 spiro atoms. The second-order valence-corrected chi connectivity index (χ2v) is 4.27. The summed E-state index contributed by atoms with van der Waals surface area (Å²) in [5.74, 6) is 0.175. The van der Waals surface area contributed by atoms with E-state index in [9.17, 15) is 18.0 Å². The molecule has 0 atom stereocenters. The Morgan fingerprint density at radius 1 is 1.25 bits per heavy atom. The number of carbonyl (C=O) groups excluding carboxylic acids is 1. The zero-order valence-electron chi connectivity index (χ0n) is 10.6. The second-order valence-electron chi connectivity index (χ2n) is 4.27. The number of nitrogens with one attached hydrogen (secondary N) is 1. The maximum absolute atomic E-state index is 12.4. The van der Waals surface area contributed by atoms with E-state index >= 15 is 0 Å². The van der Waals surface area contributed by atoms with Gasteiger partial charge in [0.1, 0.15) is 0 Å². The first-order valence-corrected chi connectivity index (χ1v) is 5.82. The molecule has 1 N–H and O–H groups in total. The van der Waals surface area contributed by atoms with Crippen LogP contribution in [0.5, 0.6) is 0 Å². The van der Waals surface area contributed by atoms with Gasteiger partial charge in [-0.3, -0.25) is 9.48 Å². The van der Waals surface area contributed by atoms with Crippen LogP contribution in [0.15, 0.2) is 36.5 Å². The number of nitrogens with zero attached hydrogens (tertiary/aromatic N) is 2. The van der Waals surface area contributed by atoms with Crippen LogP contribution in [0, 0.1) is 0 Å². The predicted octanol–water partition coefficient (Wildman–Crippen LogP) is 2.91. The van der Waals surface area contributed by atoms with Crippen molar-refractivity contribution in [1.29, 1.82) is 0 Å². The van der Waals surface area contributed by atoms with E-state index < -0.39 is 11.7 Å². The van der Waals surface area contributed by atoms with Crippen LogP contribution in [0.2, 0.25) is 0 Å². The summed E-state index contributed by atoms with van der Waals surface area (Å²) >= 11 is 0. The van der Waals surface area contributed by atoms with Crippen LogP contribution in [0.25, 0.3) is 0 Å². The van der Waals surface area contributed by atoms with E-state index in [2.05, 4.69) is 10.4 Å². The van der Waals surface area contributed by atoms with Crippen molar-refractivity contribution >= 4 is 11.7 Å². The highest BCUT2D eigenvalue weighted by Gasteiger charge is 2.29. The molecule has 7 heteroatoms. The topological polar surface area (TPSA) is 46.9 Å². The molecule has 0 bridgehead atoms. The fourth-order valence-corrected chi connectivity index (χ4v) is 1.68. The number of benzene rings is 1. The van der Waals surface area contributed by atoms with Crippen LogP contribution in [0.1, 0.15) is 18.1 Å². The normalized spacial score (nSPS) is 11.4. The zero-order valence-corrected chi connectivity index (χ0v) is 10.6. The Morgan fingerprint density at radius 3 is 2.45 bits per heavy atom. The minimum Gasteiger partial charge on any atom is -0.309 e. The highest BCUT2D eigenvalue weighted by Crippen LogP contribution is 2.29. The van der Waals surface area contributed by atoms with Gasteiger partial charge in [0.25, 0.3) is 0 Å². The van der Waals surface area contributed by atoms with Gasteiger partial charge in [0.2, 0.25) is 5.91 Å². The van der Waals surface area contributed by atoms with Crippen molar-refractivity contribution in [3.05, 3.63) is 47.7 Å². The maximum Gasteiger partial charge on any atom is 0.416 e. The number of hydrogen-bond acceptors (Lipinski definition) is 2. The summed E-state index contributed by atoms with van der Waals surface area (Å²) in [6.45, 7) is 1.70. The van der Waals surface area contributed by atoms with E-state index in [1.807, 2.05) is 0 Å². The van der Waals surface area contributed by atoms with Gasteiger partial charge in [0.05, 0.1) is 12.1 Å². The molecule has 2 aromatic rings. The van der Waals surface area contributed by atoms with E-state index in [1.165, 1.54) is 23.7 Å². The molecule has 1 aromatic carbocycles. The number of aromatic nitrogens is 2. The summed E-state index contributed by atoms with van der Waals surface area (Å²) < 4.78 is 38.8. The standard InChI is InChI=1S/C13H12F3N3O/c1-9(20)17-12-6-7-19(18-12)8-10-2-4-11(5-3-10)13(14,15)16/h2-7H,8H2,1H3,(H,17,18,20). The van der Waals surface area contributed by atoms with E-state index in [4.69, 9.17) is 0 Å². The molecular weight excluding hydrogens is 271 g/mol. The van der Waals surface area contributed by atoms with Crippen LogP contribution in [0.4, 0.5) is 19.0 Å². The average Bonchev–Trinajstić information content (AvgIpc) is 2.75. The summed E-state index contributed by atoms with van der Waals surface area (Å²) in [6.07, 6.45) is -2.69. The Morgan fingerprint density at radius 2 is 1.90 bits per heavy atom. The minimum atomic E-state index is -4.33. The molecule has 4 nitrogen and oxygen atoms in total. The molecule has 0 fully saturated rings. The van der Waals surface area contributed by atoms with Crippen LogP contribution in [-0.2, 0) is 17.5 Å². The third kappa shape index (κ3) is 3.59. The number of alkyl halides is 3. The van der Waals surface area contributed by atoms with Crippen LogP contribution in [-0.4, -0.2) is 15.7 Å². The lowest BCUT2D eigenvalue weighted by Crippen LogP contribution is -2.08. The molecule has 0 unspecified atom stereocenters. The van der Waals surface area contributed by atoms with Crippen molar-refractivity contribution in [2.45, 2.75) is 19.6 Å². The minimum absolute atomic E-state index is 0.232. The Labute approximate surface area is 113 Å². The molecular formula is C13H12F3N3O. The first-order valence-electron chi connectivity index (χ1n) is 5.82. The Kier molecular flexibility index (Phi) is 3.78. The van der Waals surface area contributed by atoms with E-state index in [0.29, 0.717) is 17.9 Å². The Hall–Kier alpha value is -2.31. The van der Waals surface area contributed by atoms with Gasteiger partial charge in [-0.15, -0.1) is 0 Å². The summed E-state index contributed by atoms with van der Waals surface area (Å²) in [6, 6.07) is 6.50. The van der Waals surface area contributed by atoms with Crippen molar-refractivity contribution in [1.82, 2.24) is 9.78 Å². The van der Waals surface area contributed by atoms with Gasteiger partial charge in [-0.1, -0.05) is 12.1 Å². The number of carbonyl (C=O) groups is 1. The number of halogens is 3. The number of hydrogen-bond donors (Lipinski definition) is 1. The average molecular weight is 283 g/mol. The smallest absolute Gasteiger partial charge is 0.309 e. The molecule has 0 aliphatic rings. The molecule has 106 valence electrons. The Bertz CT molecular complexity index is 602. The molecule has 1 amide bonds. The molecule has 1 heterocycles. The van der Waals surface area contributed by atoms with Gasteiger partial charge >= 0.3 is 6.18 Å². The molecule has 0 radical (unpaired) electrons. The molecule has 20 heavy (non-hydrogen) atoms. The predicted molar refractivity (Wildman–Crippen MR) is 67.1 cm³/mol. The molecule has 0 saturated carbocycles. The summed E-state index contributed by atoms with van der Waals surface area (Å²) in [7, 11) is 0. The summed E-state index contributed by atoms with van der Waals surface area (Å²) in [4.78, 5) is 10.8. The fourth-order valence-electron chi connectivity index (χ4n) is 1.68. The van der Waals surface area contributed by atoms with Crippen molar-refractivity contribution in [3.63, 3.8) is 0 Å². The summed E-state index contributed by atoms with van der Waals surface area (Å²) in [5, 5.41) is 6.60. The summed E-state index contributed by atoms with van der Waals surface area (Å²) in [5.41, 5.74) is 0.0103.